The molecule has 0 atom stereocenters. The zero-order chi connectivity index (χ0) is 18.1. The maximum Gasteiger partial charge on any atom is 0.416 e. The van der Waals surface area contributed by atoms with E-state index < -0.39 is 21.8 Å². The number of hydrogen-bond donors (Lipinski definition) is 1. The van der Waals surface area contributed by atoms with Gasteiger partial charge in [0.15, 0.2) is 0 Å². The molecule has 0 aliphatic carbocycles. The summed E-state index contributed by atoms with van der Waals surface area (Å²) in [6, 6.07) is 8.89. The van der Waals surface area contributed by atoms with Crippen molar-refractivity contribution in [3.05, 3.63) is 65.7 Å². The highest BCUT2D eigenvalue weighted by Crippen LogP contribution is 2.34. The van der Waals surface area contributed by atoms with Gasteiger partial charge in [0.05, 0.1) is 16.1 Å². The Morgan fingerprint density at radius 1 is 1.08 bits per heavy atom. The smallest absolute Gasteiger partial charge is 0.279 e. The third kappa shape index (κ3) is 3.97. The predicted octanol–water partition coefficient (Wildman–Crippen LogP) is 4.85. The molecule has 2 aromatic carbocycles. The molecule has 2 aromatic rings. The highest BCUT2D eigenvalue weighted by atomic mass is 32.2. The summed E-state index contributed by atoms with van der Waals surface area (Å²) < 4.78 is 65.8. The van der Waals surface area contributed by atoms with Crippen LogP contribution < -0.4 is 4.72 Å². The SMILES string of the molecule is C=C(C)c1ccc(C(F)(F)F)cc1NS(=O)(=O)c1ccc(C)cc1. The monoisotopic (exact) mass is 355 g/mol. The summed E-state index contributed by atoms with van der Waals surface area (Å²) in [5.74, 6) is 0. The molecule has 24 heavy (non-hydrogen) atoms. The van der Waals surface area contributed by atoms with Gasteiger partial charge >= 0.3 is 6.18 Å². The fourth-order valence-corrected chi connectivity index (χ4v) is 3.17. The fourth-order valence-electron chi connectivity index (χ4n) is 2.10. The number of aryl methyl sites for hydroxylation is 1. The van der Waals surface area contributed by atoms with Crippen LogP contribution in [-0.4, -0.2) is 8.42 Å². The van der Waals surface area contributed by atoms with Crippen LogP contribution >= 0.6 is 0 Å². The number of sulfonamides is 1. The van der Waals surface area contributed by atoms with E-state index in [1.807, 2.05) is 0 Å². The van der Waals surface area contributed by atoms with Crippen LogP contribution in [0.4, 0.5) is 18.9 Å². The van der Waals surface area contributed by atoms with Crippen LogP contribution in [-0.2, 0) is 16.2 Å². The average Bonchev–Trinajstić information content (AvgIpc) is 2.46. The average molecular weight is 355 g/mol. The Morgan fingerprint density at radius 3 is 2.17 bits per heavy atom. The lowest BCUT2D eigenvalue weighted by Gasteiger charge is -2.15. The van der Waals surface area contributed by atoms with Crippen molar-refractivity contribution in [2.24, 2.45) is 0 Å². The van der Waals surface area contributed by atoms with E-state index in [1.165, 1.54) is 18.2 Å². The maximum absolute atomic E-state index is 12.9. The largest absolute Gasteiger partial charge is 0.416 e. The van der Waals surface area contributed by atoms with Gasteiger partial charge in [-0.25, -0.2) is 8.42 Å². The Hall–Kier alpha value is -2.28. The van der Waals surface area contributed by atoms with Crippen molar-refractivity contribution in [1.29, 1.82) is 0 Å². The van der Waals surface area contributed by atoms with Gasteiger partial charge in [-0.3, -0.25) is 4.72 Å². The van der Waals surface area contributed by atoms with E-state index >= 15 is 0 Å². The molecule has 0 aliphatic rings. The van der Waals surface area contributed by atoms with E-state index in [9.17, 15) is 21.6 Å². The van der Waals surface area contributed by atoms with Crippen molar-refractivity contribution in [1.82, 2.24) is 0 Å². The van der Waals surface area contributed by atoms with Crippen molar-refractivity contribution >= 4 is 21.3 Å². The van der Waals surface area contributed by atoms with E-state index in [0.717, 1.165) is 17.7 Å². The number of nitrogens with one attached hydrogen (secondary N) is 1. The first kappa shape index (κ1) is 18.1. The first-order valence-electron chi connectivity index (χ1n) is 6.97. The van der Waals surface area contributed by atoms with E-state index in [0.29, 0.717) is 11.1 Å². The van der Waals surface area contributed by atoms with Crippen LogP contribution in [0, 0.1) is 6.92 Å². The molecule has 2 rings (SSSR count). The van der Waals surface area contributed by atoms with Crippen molar-refractivity contribution < 1.29 is 21.6 Å². The van der Waals surface area contributed by atoms with E-state index in [1.54, 1.807) is 26.0 Å². The topological polar surface area (TPSA) is 46.2 Å². The van der Waals surface area contributed by atoms with Crippen molar-refractivity contribution in [3.63, 3.8) is 0 Å². The highest BCUT2D eigenvalue weighted by Gasteiger charge is 2.31. The number of hydrogen-bond acceptors (Lipinski definition) is 2. The summed E-state index contributed by atoms with van der Waals surface area (Å²) in [7, 11) is -4.01. The number of alkyl halides is 3. The van der Waals surface area contributed by atoms with Gasteiger partial charge in [0.25, 0.3) is 10.0 Å². The lowest BCUT2D eigenvalue weighted by Crippen LogP contribution is -2.15. The Labute approximate surface area is 138 Å². The molecular formula is C17H16F3NO2S. The van der Waals surface area contributed by atoms with Gasteiger partial charge < -0.3 is 0 Å². The molecule has 0 saturated heterocycles. The maximum atomic E-state index is 12.9. The van der Waals surface area contributed by atoms with Gasteiger partial charge in [0.1, 0.15) is 0 Å². The number of anilines is 1. The third-order valence-corrected chi connectivity index (χ3v) is 4.76. The van der Waals surface area contributed by atoms with Gasteiger partial charge in [0, 0.05) is 5.56 Å². The summed E-state index contributed by atoms with van der Waals surface area (Å²) in [4.78, 5) is -0.0295. The van der Waals surface area contributed by atoms with Gasteiger partial charge in [-0.1, -0.05) is 30.3 Å². The second-order valence-corrected chi connectivity index (χ2v) is 7.14. The minimum Gasteiger partial charge on any atom is -0.279 e. The number of halogens is 3. The van der Waals surface area contributed by atoms with Crippen molar-refractivity contribution in [2.75, 3.05) is 4.72 Å². The molecule has 0 spiro atoms. The zero-order valence-electron chi connectivity index (χ0n) is 13.1. The van der Waals surface area contributed by atoms with E-state index in [2.05, 4.69) is 11.3 Å². The van der Waals surface area contributed by atoms with Crippen molar-refractivity contribution in [3.8, 4) is 0 Å². The van der Waals surface area contributed by atoms with Crippen LogP contribution in [0.2, 0.25) is 0 Å². The van der Waals surface area contributed by atoms with Crippen LogP contribution in [0.25, 0.3) is 5.57 Å². The standard InChI is InChI=1S/C17H16F3NO2S/c1-11(2)15-9-6-13(17(18,19)20)10-16(15)21-24(22,23)14-7-4-12(3)5-8-14/h4-10,21H,1H2,2-3H3. The number of rotatable bonds is 4. The van der Waals surface area contributed by atoms with Gasteiger partial charge in [-0.15, -0.1) is 0 Å². The molecular weight excluding hydrogens is 339 g/mol. The molecule has 0 unspecified atom stereocenters. The Morgan fingerprint density at radius 2 is 1.67 bits per heavy atom. The Balaban J connectivity index is 2.50. The fraction of sp³-hybridized carbons (Fsp3) is 0.176. The molecule has 0 aliphatic heterocycles. The first-order chi connectivity index (χ1) is 11.0. The van der Waals surface area contributed by atoms with Crippen LogP contribution in [0.15, 0.2) is 53.9 Å². The molecule has 0 fully saturated rings. The van der Waals surface area contributed by atoms with Gasteiger partial charge in [0.2, 0.25) is 0 Å². The predicted molar refractivity (Wildman–Crippen MR) is 88.1 cm³/mol. The molecule has 0 amide bonds. The summed E-state index contributed by atoms with van der Waals surface area (Å²) in [6.45, 7) is 7.07. The number of allylic oxidation sites excluding steroid dienone is 1. The van der Waals surface area contributed by atoms with Crippen LogP contribution in [0.5, 0.6) is 0 Å². The lowest BCUT2D eigenvalue weighted by molar-refractivity contribution is -0.137. The van der Waals surface area contributed by atoms with Crippen molar-refractivity contribution in [2.45, 2.75) is 24.9 Å². The summed E-state index contributed by atoms with van der Waals surface area (Å²) in [5, 5.41) is 0. The molecule has 1 N–H and O–H groups in total. The molecule has 0 bridgehead atoms. The Bertz CT molecular complexity index is 870. The van der Waals surface area contributed by atoms with E-state index in [-0.39, 0.29) is 10.6 Å². The van der Waals surface area contributed by atoms with Gasteiger partial charge in [-0.2, -0.15) is 13.2 Å². The summed E-state index contributed by atoms with van der Waals surface area (Å²) in [5.41, 5.74) is 0.534. The molecule has 0 aromatic heterocycles. The molecule has 0 saturated carbocycles. The van der Waals surface area contributed by atoms with Gasteiger partial charge in [-0.05, 0) is 43.7 Å². The Kier molecular flexibility index (Phi) is 4.75. The van der Waals surface area contributed by atoms with Crippen LogP contribution in [0.1, 0.15) is 23.6 Å². The first-order valence-corrected chi connectivity index (χ1v) is 8.45. The summed E-state index contributed by atoms with van der Waals surface area (Å²) >= 11 is 0. The molecule has 0 heterocycles. The second-order valence-electron chi connectivity index (χ2n) is 5.46. The highest BCUT2D eigenvalue weighted by molar-refractivity contribution is 7.92. The second kappa shape index (κ2) is 6.32. The quantitative estimate of drug-likeness (QED) is 0.852. The van der Waals surface area contributed by atoms with E-state index in [4.69, 9.17) is 0 Å². The lowest BCUT2D eigenvalue weighted by atomic mass is 10.0. The molecule has 128 valence electrons. The normalized spacial score (nSPS) is 12.0. The molecule has 7 heteroatoms. The summed E-state index contributed by atoms with van der Waals surface area (Å²) in [6.07, 6.45) is -4.57. The molecule has 3 nitrogen and oxygen atoms in total. The molecule has 0 radical (unpaired) electrons. The van der Waals surface area contributed by atoms with Crippen LogP contribution in [0.3, 0.4) is 0 Å². The zero-order valence-corrected chi connectivity index (χ0v) is 13.9. The minimum absolute atomic E-state index is 0.0295. The number of benzene rings is 2. The third-order valence-electron chi connectivity index (χ3n) is 3.38. The minimum atomic E-state index is -4.57.